The van der Waals surface area contributed by atoms with Crippen LogP contribution in [-0.4, -0.2) is 28.6 Å². The van der Waals surface area contributed by atoms with Gasteiger partial charge in [0, 0.05) is 25.3 Å². The first-order valence-corrected chi connectivity index (χ1v) is 11.8. The third-order valence-electron chi connectivity index (χ3n) is 6.09. The molecule has 0 saturated heterocycles. The third-order valence-corrected chi connectivity index (χ3v) is 6.09. The quantitative estimate of drug-likeness (QED) is 0.485. The van der Waals surface area contributed by atoms with E-state index < -0.39 is 18.2 Å². The first-order valence-electron chi connectivity index (χ1n) is 11.8. The van der Waals surface area contributed by atoms with Crippen molar-refractivity contribution in [2.75, 3.05) is 0 Å². The van der Waals surface area contributed by atoms with E-state index in [-0.39, 0.29) is 30.4 Å². The van der Waals surface area contributed by atoms with Crippen LogP contribution in [0.25, 0.3) is 0 Å². The molecule has 1 aromatic heterocycles. The number of carbonyl (C=O) groups excluding carboxylic acids is 2. The van der Waals surface area contributed by atoms with E-state index in [9.17, 15) is 18.4 Å². The molecular weight excluding hydrogens is 446 g/mol. The molecule has 0 unspecified atom stereocenters. The van der Waals surface area contributed by atoms with E-state index in [4.69, 9.17) is 4.52 Å². The number of halogens is 2. The first-order chi connectivity index (χ1) is 16.3. The third kappa shape index (κ3) is 6.74. The lowest BCUT2D eigenvalue weighted by atomic mass is 9.89. The highest BCUT2D eigenvalue weighted by Crippen LogP contribution is 2.34. The summed E-state index contributed by atoms with van der Waals surface area (Å²) in [6.07, 6.45) is 6.40. The van der Waals surface area contributed by atoms with Gasteiger partial charge in [-0.25, -0.2) is 0 Å². The van der Waals surface area contributed by atoms with Crippen LogP contribution in [0.4, 0.5) is 8.78 Å². The van der Waals surface area contributed by atoms with Gasteiger partial charge in [0.25, 0.3) is 0 Å². The fourth-order valence-electron chi connectivity index (χ4n) is 4.48. The first kappa shape index (κ1) is 25.6. The average Bonchev–Trinajstić information content (AvgIpc) is 3.16. The van der Waals surface area contributed by atoms with Crippen molar-refractivity contribution in [1.29, 1.82) is 0 Å². The maximum atomic E-state index is 12.7. The minimum absolute atomic E-state index is 0.0397. The number of alkyl halides is 2. The van der Waals surface area contributed by atoms with Gasteiger partial charge in [-0.1, -0.05) is 56.0 Å². The van der Waals surface area contributed by atoms with Crippen molar-refractivity contribution in [2.45, 2.75) is 89.8 Å². The fourth-order valence-corrected chi connectivity index (χ4v) is 4.48. The molecule has 1 aromatic carbocycles. The molecule has 2 amide bonds. The number of rotatable bonds is 10. The van der Waals surface area contributed by atoms with Gasteiger partial charge in [0.15, 0.2) is 5.82 Å². The molecule has 1 aliphatic carbocycles. The molecule has 186 valence electrons. The molecule has 0 spiro atoms. The summed E-state index contributed by atoms with van der Waals surface area (Å²) in [5.74, 6) is 0.384. The zero-order chi connectivity index (χ0) is 24.6. The Balaban J connectivity index is 1.64. The van der Waals surface area contributed by atoms with Crippen molar-refractivity contribution in [3.05, 3.63) is 41.5 Å². The van der Waals surface area contributed by atoms with Gasteiger partial charge in [0.1, 0.15) is 11.3 Å². The molecule has 0 radical (unpaired) electrons. The van der Waals surface area contributed by atoms with Gasteiger partial charge in [-0.2, -0.15) is 13.8 Å². The SMILES string of the molecule is CC[C@H](NC(=O)CCc1nc(C2(NC(C)=O)CCCCCC2)no1)c1ccccc1OC(F)F. The lowest BCUT2D eigenvalue weighted by Gasteiger charge is -2.30. The highest BCUT2D eigenvalue weighted by molar-refractivity contribution is 5.76. The summed E-state index contributed by atoms with van der Waals surface area (Å²) in [4.78, 5) is 29.0. The summed E-state index contributed by atoms with van der Waals surface area (Å²) in [5.41, 5.74) is -0.155. The van der Waals surface area contributed by atoms with Gasteiger partial charge in [-0.05, 0) is 25.3 Å². The number of nitrogens with zero attached hydrogens (tertiary/aromatic N) is 2. The molecule has 2 N–H and O–H groups in total. The van der Waals surface area contributed by atoms with Crippen LogP contribution in [0.15, 0.2) is 28.8 Å². The lowest BCUT2D eigenvalue weighted by Crippen LogP contribution is -2.45. The molecule has 3 rings (SSSR count). The predicted octanol–water partition coefficient (Wildman–Crippen LogP) is 4.56. The fraction of sp³-hybridized carbons (Fsp3) is 0.583. The van der Waals surface area contributed by atoms with Crippen LogP contribution < -0.4 is 15.4 Å². The van der Waals surface area contributed by atoms with Crippen LogP contribution in [0.5, 0.6) is 5.75 Å². The van der Waals surface area contributed by atoms with E-state index >= 15 is 0 Å². The van der Waals surface area contributed by atoms with Crippen molar-refractivity contribution >= 4 is 11.8 Å². The van der Waals surface area contributed by atoms with Gasteiger partial charge < -0.3 is 19.9 Å². The number of aryl methyl sites for hydroxylation is 1. The lowest BCUT2D eigenvalue weighted by molar-refractivity contribution is -0.122. The van der Waals surface area contributed by atoms with Crippen molar-refractivity contribution in [3.63, 3.8) is 0 Å². The Morgan fingerprint density at radius 2 is 1.88 bits per heavy atom. The van der Waals surface area contributed by atoms with Crippen LogP contribution in [0.3, 0.4) is 0 Å². The van der Waals surface area contributed by atoms with Crippen molar-refractivity contribution in [1.82, 2.24) is 20.8 Å². The van der Waals surface area contributed by atoms with Gasteiger partial charge in [-0.3, -0.25) is 9.59 Å². The monoisotopic (exact) mass is 478 g/mol. The molecule has 1 atom stereocenters. The Kier molecular flexibility index (Phi) is 8.95. The summed E-state index contributed by atoms with van der Waals surface area (Å²) in [5, 5.41) is 10.0. The maximum absolute atomic E-state index is 12.7. The molecule has 1 fully saturated rings. The number of amides is 2. The Labute approximate surface area is 197 Å². The Bertz CT molecular complexity index is 958. The highest BCUT2D eigenvalue weighted by Gasteiger charge is 2.38. The molecule has 2 aromatic rings. The molecule has 0 aliphatic heterocycles. The average molecular weight is 479 g/mol. The van der Waals surface area contributed by atoms with Crippen molar-refractivity contribution in [3.8, 4) is 5.75 Å². The maximum Gasteiger partial charge on any atom is 0.387 e. The Hall–Kier alpha value is -3.04. The molecule has 1 heterocycles. The second-order valence-electron chi connectivity index (χ2n) is 8.63. The second kappa shape index (κ2) is 11.9. The zero-order valence-corrected chi connectivity index (χ0v) is 19.6. The number of hydrogen-bond donors (Lipinski definition) is 2. The highest BCUT2D eigenvalue weighted by atomic mass is 19.3. The Morgan fingerprint density at radius 3 is 2.53 bits per heavy atom. The van der Waals surface area contributed by atoms with E-state index in [2.05, 4.69) is 25.5 Å². The molecular formula is C24H32F2N4O4. The molecule has 8 nitrogen and oxygen atoms in total. The molecule has 1 aliphatic rings. The van der Waals surface area contributed by atoms with Gasteiger partial charge >= 0.3 is 6.61 Å². The summed E-state index contributed by atoms with van der Waals surface area (Å²) in [6, 6.07) is 5.94. The van der Waals surface area contributed by atoms with E-state index in [1.807, 2.05) is 6.92 Å². The number of carbonyl (C=O) groups is 2. The summed E-state index contributed by atoms with van der Waals surface area (Å²) < 4.78 is 35.5. The van der Waals surface area contributed by atoms with Crippen LogP contribution in [0, 0.1) is 0 Å². The summed E-state index contributed by atoms with van der Waals surface area (Å²) >= 11 is 0. The van der Waals surface area contributed by atoms with E-state index in [1.54, 1.807) is 18.2 Å². The number of hydrogen-bond acceptors (Lipinski definition) is 6. The van der Waals surface area contributed by atoms with Gasteiger partial charge in [0.05, 0.1) is 6.04 Å². The second-order valence-corrected chi connectivity index (χ2v) is 8.63. The molecule has 1 saturated carbocycles. The van der Waals surface area contributed by atoms with E-state index in [1.165, 1.54) is 13.0 Å². The van der Waals surface area contributed by atoms with Crippen LogP contribution in [0.1, 0.15) is 88.5 Å². The minimum atomic E-state index is -2.95. The normalized spacial score (nSPS) is 16.5. The standard InChI is InChI=1S/C24H32F2N4O4/c1-3-18(17-10-6-7-11-19(17)33-23(25)26)27-20(32)12-13-21-28-22(30-34-21)24(29-16(2)31)14-8-4-5-9-15-24/h6-7,10-11,18,23H,3-5,8-9,12-15H2,1-2H3,(H,27,32)(H,29,31)/t18-/m0/s1. The van der Waals surface area contributed by atoms with Gasteiger partial charge in [-0.15, -0.1) is 0 Å². The summed E-state index contributed by atoms with van der Waals surface area (Å²) in [6.45, 7) is 0.380. The minimum Gasteiger partial charge on any atom is -0.434 e. The van der Waals surface area contributed by atoms with E-state index in [0.29, 0.717) is 23.7 Å². The van der Waals surface area contributed by atoms with E-state index in [0.717, 1.165) is 38.5 Å². The zero-order valence-electron chi connectivity index (χ0n) is 19.6. The van der Waals surface area contributed by atoms with Crippen molar-refractivity contribution < 1.29 is 27.6 Å². The number of nitrogens with one attached hydrogen (secondary N) is 2. The smallest absolute Gasteiger partial charge is 0.387 e. The van der Waals surface area contributed by atoms with Gasteiger partial charge in [0.2, 0.25) is 17.7 Å². The predicted molar refractivity (Wildman–Crippen MR) is 120 cm³/mol. The number of para-hydroxylation sites is 1. The van der Waals surface area contributed by atoms with Crippen LogP contribution >= 0.6 is 0 Å². The summed E-state index contributed by atoms with van der Waals surface area (Å²) in [7, 11) is 0. The van der Waals surface area contributed by atoms with Crippen LogP contribution in [-0.2, 0) is 21.5 Å². The number of aromatic nitrogens is 2. The number of ether oxygens (including phenoxy) is 1. The molecule has 10 heteroatoms. The number of benzene rings is 1. The topological polar surface area (TPSA) is 106 Å². The van der Waals surface area contributed by atoms with Crippen LogP contribution in [0.2, 0.25) is 0 Å². The Morgan fingerprint density at radius 1 is 1.18 bits per heavy atom. The molecule has 0 bridgehead atoms. The van der Waals surface area contributed by atoms with Crippen molar-refractivity contribution in [2.24, 2.45) is 0 Å². The largest absolute Gasteiger partial charge is 0.434 e. The molecule has 34 heavy (non-hydrogen) atoms.